The Morgan fingerprint density at radius 1 is 1.19 bits per heavy atom. The molecule has 5 rings (SSSR count). The Labute approximate surface area is 179 Å². The maximum Gasteiger partial charge on any atom is 0.418 e. The van der Waals surface area contributed by atoms with Crippen LogP contribution in [-0.4, -0.2) is 21.0 Å². The van der Waals surface area contributed by atoms with Crippen LogP contribution < -0.4 is 4.74 Å². The van der Waals surface area contributed by atoms with Gasteiger partial charge in [0.2, 0.25) is 5.88 Å². The average Bonchev–Trinajstić information content (AvgIpc) is 3.35. The summed E-state index contributed by atoms with van der Waals surface area (Å²) in [5.41, 5.74) is 0.857. The van der Waals surface area contributed by atoms with Crippen LogP contribution in [0.4, 0.5) is 17.6 Å². The number of fused-ring (bicyclic) bond motifs is 3. The van der Waals surface area contributed by atoms with Gasteiger partial charge in [0.05, 0.1) is 17.2 Å². The van der Waals surface area contributed by atoms with Gasteiger partial charge < -0.3 is 9.84 Å². The SMILES string of the molecule is O=C(O)C1C2Cc3cc(OCc4cc(-c5ncccc5C(F)(F)F)ccc4F)ncc3C21. The first kappa shape index (κ1) is 20.4. The van der Waals surface area contributed by atoms with Gasteiger partial charge in [-0.1, -0.05) is 0 Å². The van der Waals surface area contributed by atoms with Gasteiger partial charge in [-0.2, -0.15) is 13.2 Å². The molecule has 3 aromatic rings. The van der Waals surface area contributed by atoms with Gasteiger partial charge >= 0.3 is 12.1 Å². The lowest BCUT2D eigenvalue weighted by Crippen LogP contribution is -2.09. The minimum Gasteiger partial charge on any atom is -0.481 e. The smallest absolute Gasteiger partial charge is 0.418 e. The van der Waals surface area contributed by atoms with E-state index >= 15 is 0 Å². The number of aliphatic carboxylic acids is 1. The minimum absolute atomic E-state index is 0.0145. The molecule has 2 aliphatic carbocycles. The Morgan fingerprint density at radius 3 is 2.75 bits per heavy atom. The number of nitrogens with zero attached hydrogens (tertiary/aromatic N) is 2. The molecule has 0 bridgehead atoms. The van der Waals surface area contributed by atoms with Crippen LogP contribution in [0, 0.1) is 17.7 Å². The topological polar surface area (TPSA) is 72.3 Å². The summed E-state index contributed by atoms with van der Waals surface area (Å²) in [7, 11) is 0. The van der Waals surface area contributed by atoms with Crippen molar-refractivity contribution in [3.05, 3.63) is 76.9 Å². The lowest BCUT2D eigenvalue weighted by molar-refractivity contribution is -0.139. The van der Waals surface area contributed by atoms with Crippen LogP contribution in [-0.2, 0) is 24.0 Å². The predicted molar refractivity (Wildman–Crippen MR) is 104 cm³/mol. The molecule has 3 atom stereocenters. The Hall–Kier alpha value is -3.49. The zero-order valence-electron chi connectivity index (χ0n) is 16.4. The highest BCUT2D eigenvalue weighted by Crippen LogP contribution is 2.61. The first-order valence-corrected chi connectivity index (χ1v) is 9.89. The quantitative estimate of drug-likeness (QED) is 0.570. The van der Waals surface area contributed by atoms with Crippen molar-refractivity contribution in [3.8, 4) is 17.1 Å². The monoisotopic (exact) mass is 444 g/mol. The van der Waals surface area contributed by atoms with Gasteiger partial charge in [-0.05, 0) is 53.8 Å². The number of benzene rings is 1. The first-order chi connectivity index (χ1) is 15.2. The molecule has 2 heterocycles. The number of carboxylic acids is 1. The van der Waals surface area contributed by atoms with Crippen molar-refractivity contribution in [2.24, 2.45) is 11.8 Å². The summed E-state index contributed by atoms with van der Waals surface area (Å²) < 4.78 is 59.9. The highest BCUT2D eigenvalue weighted by atomic mass is 19.4. The van der Waals surface area contributed by atoms with Crippen LogP contribution >= 0.6 is 0 Å². The van der Waals surface area contributed by atoms with Crippen molar-refractivity contribution in [2.45, 2.75) is 25.1 Å². The number of ether oxygens (including phenoxy) is 1. The third-order valence-corrected chi connectivity index (χ3v) is 6.08. The molecule has 0 spiro atoms. The highest BCUT2D eigenvalue weighted by Gasteiger charge is 2.59. The molecule has 0 aliphatic heterocycles. The number of carboxylic acid groups (broad SMARTS) is 1. The molecule has 2 aliphatic rings. The summed E-state index contributed by atoms with van der Waals surface area (Å²) in [6.07, 6.45) is -1.13. The van der Waals surface area contributed by atoms with E-state index in [1.807, 2.05) is 0 Å². The second-order valence-electron chi connectivity index (χ2n) is 7.97. The van der Waals surface area contributed by atoms with E-state index in [0.717, 1.165) is 23.3 Å². The van der Waals surface area contributed by atoms with E-state index in [4.69, 9.17) is 4.74 Å². The van der Waals surface area contributed by atoms with Gasteiger partial charge in [-0.25, -0.2) is 9.37 Å². The number of hydrogen-bond donors (Lipinski definition) is 1. The van der Waals surface area contributed by atoms with E-state index in [9.17, 15) is 27.5 Å². The predicted octanol–water partition coefficient (Wildman–Crippen LogP) is 4.85. The number of hydrogen-bond acceptors (Lipinski definition) is 4. The molecule has 0 amide bonds. The highest BCUT2D eigenvalue weighted by molar-refractivity contribution is 5.77. The Morgan fingerprint density at radius 2 is 2.00 bits per heavy atom. The van der Waals surface area contributed by atoms with Crippen molar-refractivity contribution < 1.29 is 32.2 Å². The molecular weight excluding hydrogens is 428 g/mol. The lowest BCUT2D eigenvalue weighted by Gasteiger charge is -2.13. The maximum absolute atomic E-state index is 14.3. The van der Waals surface area contributed by atoms with Gasteiger partial charge in [0.1, 0.15) is 12.4 Å². The zero-order valence-corrected chi connectivity index (χ0v) is 16.4. The molecule has 1 saturated carbocycles. The fraction of sp³-hybridized carbons (Fsp3) is 0.261. The van der Waals surface area contributed by atoms with E-state index in [2.05, 4.69) is 9.97 Å². The van der Waals surface area contributed by atoms with Crippen molar-refractivity contribution in [3.63, 3.8) is 0 Å². The maximum atomic E-state index is 14.3. The number of halogens is 4. The Bertz CT molecular complexity index is 1230. The third kappa shape index (κ3) is 3.47. The van der Waals surface area contributed by atoms with Gasteiger partial charge in [-0.15, -0.1) is 0 Å². The van der Waals surface area contributed by atoms with Crippen LogP contribution in [0.5, 0.6) is 5.88 Å². The van der Waals surface area contributed by atoms with Crippen molar-refractivity contribution in [1.29, 1.82) is 0 Å². The second-order valence-corrected chi connectivity index (χ2v) is 7.97. The van der Waals surface area contributed by atoms with E-state index < -0.39 is 23.5 Å². The largest absolute Gasteiger partial charge is 0.481 e. The third-order valence-electron chi connectivity index (χ3n) is 6.08. The Kier molecular flexibility index (Phi) is 4.65. The molecule has 1 fully saturated rings. The van der Waals surface area contributed by atoms with E-state index in [-0.39, 0.29) is 47.1 Å². The van der Waals surface area contributed by atoms with Gasteiger partial charge in [0, 0.05) is 35.5 Å². The molecule has 0 saturated heterocycles. The van der Waals surface area contributed by atoms with Crippen LogP contribution in [0.25, 0.3) is 11.3 Å². The van der Waals surface area contributed by atoms with Crippen molar-refractivity contribution in [2.75, 3.05) is 0 Å². The van der Waals surface area contributed by atoms with Gasteiger partial charge in [0.15, 0.2) is 0 Å². The van der Waals surface area contributed by atoms with Crippen LogP contribution in [0.3, 0.4) is 0 Å². The second kappa shape index (κ2) is 7.29. The summed E-state index contributed by atoms with van der Waals surface area (Å²) in [6, 6.07) is 7.45. The average molecular weight is 444 g/mol. The first-order valence-electron chi connectivity index (χ1n) is 9.89. The number of pyridine rings is 2. The fourth-order valence-electron chi connectivity index (χ4n) is 4.53. The van der Waals surface area contributed by atoms with E-state index in [0.29, 0.717) is 6.42 Å². The standard InChI is InChI=1S/C23H16F4N2O3/c24-17-4-3-11(21-16(23(25,26)27)2-1-5-28-21)6-13(17)10-32-18-8-12-7-14-19(15(12)9-29-18)20(14)22(30)31/h1-6,8-9,14,19-20H,7,10H2,(H,30,31). The fourth-order valence-corrected chi connectivity index (χ4v) is 4.53. The van der Waals surface area contributed by atoms with Crippen molar-refractivity contribution >= 4 is 5.97 Å². The molecular formula is C23H16F4N2O3. The Balaban J connectivity index is 1.35. The molecule has 2 aromatic heterocycles. The van der Waals surface area contributed by atoms with Crippen LogP contribution in [0.1, 0.15) is 28.2 Å². The summed E-state index contributed by atoms with van der Waals surface area (Å²) >= 11 is 0. The van der Waals surface area contributed by atoms with Gasteiger partial charge in [-0.3, -0.25) is 9.78 Å². The summed E-state index contributed by atoms with van der Waals surface area (Å²) in [5, 5.41) is 9.19. The summed E-state index contributed by atoms with van der Waals surface area (Å²) in [4.78, 5) is 19.2. The van der Waals surface area contributed by atoms with E-state index in [1.54, 1.807) is 12.3 Å². The van der Waals surface area contributed by atoms with Crippen molar-refractivity contribution in [1.82, 2.24) is 9.97 Å². The molecule has 9 heteroatoms. The van der Waals surface area contributed by atoms with Gasteiger partial charge in [0.25, 0.3) is 0 Å². The number of rotatable bonds is 5. The molecule has 3 unspecified atom stereocenters. The molecule has 1 aromatic carbocycles. The molecule has 0 radical (unpaired) electrons. The zero-order chi connectivity index (χ0) is 22.6. The lowest BCUT2D eigenvalue weighted by atomic mass is 10.0. The normalized spacial score (nSPS) is 21.1. The van der Waals surface area contributed by atoms with Crippen LogP contribution in [0.2, 0.25) is 0 Å². The number of aromatic nitrogens is 2. The molecule has 32 heavy (non-hydrogen) atoms. The van der Waals surface area contributed by atoms with Crippen LogP contribution in [0.15, 0.2) is 48.8 Å². The molecule has 164 valence electrons. The molecule has 1 N–H and O–H groups in total. The number of carbonyl (C=O) groups is 1. The molecule has 5 nitrogen and oxygen atoms in total. The summed E-state index contributed by atoms with van der Waals surface area (Å²) in [6.45, 7) is -0.232. The summed E-state index contributed by atoms with van der Waals surface area (Å²) in [5.74, 6) is -1.47. The number of alkyl halides is 3. The van der Waals surface area contributed by atoms with E-state index in [1.165, 1.54) is 24.4 Å². The minimum atomic E-state index is -4.59.